The van der Waals surface area contributed by atoms with Crippen molar-refractivity contribution in [3.63, 3.8) is 0 Å². The monoisotopic (exact) mass is 750 g/mol. The maximum absolute atomic E-state index is 10.9. The third-order valence-corrected chi connectivity index (χ3v) is 9.95. The van der Waals surface area contributed by atoms with Crippen LogP contribution in [-0.4, -0.2) is 23.4 Å². The molecule has 0 N–H and O–H groups in total. The molecule has 7 heteroatoms. The molecule has 0 aliphatic rings. The van der Waals surface area contributed by atoms with Crippen molar-refractivity contribution in [3.8, 4) is 0 Å². The molecule has 0 radical (unpaired) electrons. The van der Waals surface area contributed by atoms with Gasteiger partial charge in [0.1, 0.15) is 0 Å². The second-order valence-electron chi connectivity index (χ2n) is 13.8. The minimum Gasteiger partial charge on any atom is -0.550 e. The van der Waals surface area contributed by atoms with Gasteiger partial charge in [-0.05, 0) is 49.0 Å². The Kier molecular flexibility index (Phi) is 48.6. The maximum Gasteiger partial charge on any atom is 2.00 e. The molecule has 2 unspecified atom stereocenters. The van der Waals surface area contributed by atoms with E-state index >= 15 is 0 Å². The Morgan fingerprint density at radius 2 is 0.574 bits per heavy atom. The predicted molar refractivity (Wildman–Crippen MR) is 204 cm³/mol. The number of carbonyl (C=O) groups excluding carboxylic acids is 2. The summed E-state index contributed by atoms with van der Waals surface area (Å²) in [6.45, 7) is 4.54. The van der Waals surface area contributed by atoms with Crippen molar-refractivity contribution >= 4 is 37.2 Å². The van der Waals surface area contributed by atoms with Crippen molar-refractivity contribution < 1.29 is 39.3 Å². The number of aliphatic carboxylic acids is 2. The Bertz CT molecular complexity index is 571. The van der Waals surface area contributed by atoms with E-state index in [4.69, 9.17) is 0 Å². The van der Waals surface area contributed by atoms with Gasteiger partial charge in [-0.3, -0.25) is 0 Å². The average Bonchev–Trinajstić information content (AvgIpc) is 3.04. The number of carboxylic acids is 2. The van der Waals surface area contributed by atoms with Crippen LogP contribution in [-0.2, 0) is 29.1 Å². The third-order valence-electron chi connectivity index (χ3n) is 9.43. The summed E-state index contributed by atoms with van der Waals surface area (Å²) in [7, 11) is 0. The van der Waals surface area contributed by atoms with Gasteiger partial charge in [-0.2, -0.15) is 25.3 Å². The number of carboxylic acid groups (broad SMARTS) is 2. The number of hydrogen-bond donors (Lipinski definition) is 2. The molecule has 0 spiro atoms. The number of hydrogen-bond acceptors (Lipinski definition) is 6. The van der Waals surface area contributed by atoms with Gasteiger partial charge >= 0.3 is 19.5 Å². The van der Waals surface area contributed by atoms with Crippen molar-refractivity contribution in [2.24, 2.45) is 11.8 Å². The molecule has 0 bridgehead atoms. The average molecular weight is 753 g/mol. The van der Waals surface area contributed by atoms with Crippen molar-refractivity contribution in [3.05, 3.63) is 0 Å². The van der Waals surface area contributed by atoms with Crippen molar-refractivity contribution in [2.75, 3.05) is 11.5 Å². The van der Waals surface area contributed by atoms with Gasteiger partial charge in [0.05, 0.1) is 0 Å². The Morgan fingerprint density at radius 3 is 0.745 bits per heavy atom. The van der Waals surface area contributed by atoms with Crippen LogP contribution in [0.15, 0.2) is 0 Å². The molecule has 0 aromatic rings. The summed E-state index contributed by atoms with van der Waals surface area (Å²) in [5.74, 6) is -1.09. The standard InChI is InChI=1S/2C20H40O2S.Zn/c2*1-2-3-4-5-6-7-8-9-10-11-12-13-14-15-16-19(17-18-23)20(21)22;/h2*19,23H,2-18H2,1H3,(H,21,22);/q;;+2/p-2. The SMILES string of the molecule is CCCCCCCCCCCCCCCCC(CCS)C(=O)[O-].CCCCCCCCCCCCCCCCC(CCS)C(=O)[O-].[Zn+2]. The Hall–Kier alpha value is 0.263. The Morgan fingerprint density at radius 1 is 0.383 bits per heavy atom. The van der Waals surface area contributed by atoms with Gasteiger partial charge in [0.25, 0.3) is 0 Å². The zero-order valence-corrected chi connectivity index (χ0v) is 36.2. The van der Waals surface area contributed by atoms with E-state index in [1.807, 2.05) is 0 Å². The molecule has 47 heavy (non-hydrogen) atoms. The molecule has 276 valence electrons. The van der Waals surface area contributed by atoms with Crippen LogP contribution < -0.4 is 10.2 Å². The van der Waals surface area contributed by atoms with Crippen LogP contribution in [0.5, 0.6) is 0 Å². The first-order valence-electron chi connectivity index (χ1n) is 20.1. The maximum atomic E-state index is 10.9. The summed E-state index contributed by atoms with van der Waals surface area (Å²) in [5.41, 5.74) is 0. The Labute approximate surface area is 317 Å². The minimum absolute atomic E-state index is 0. The molecule has 0 amide bonds. The molecule has 0 saturated carbocycles. The van der Waals surface area contributed by atoms with E-state index in [0.29, 0.717) is 24.3 Å². The molecule has 2 atom stereocenters. The van der Waals surface area contributed by atoms with E-state index in [1.165, 1.54) is 154 Å². The molecule has 0 aromatic carbocycles. The molecular weight excluding hydrogens is 674 g/mol. The summed E-state index contributed by atoms with van der Waals surface area (Å²) in [6.07, 6.45) is 40.1. The number of rotatable bonds is 36. The molecule has 0 fully saturated rings. The summed E-state index contributed by atoms with van der Waals surface area (Å²) < 4.78 is 0. The van der Waals surface area contributed by atoms with Crippen LogP contribution in [0.25, 0.3) is 0 Å². The number of thiol groups is 2. The zero-order chi connectivity index (χ0) is 34.4. The first-order valence-corrected chi connectivity index (χ1v) is 21.3. The smallest absolute Gasteiger partial charge is 0.550 e. The van der Waals surface area contributed by atoms with E-state index in [9.17, 15) is 19.8 Å². The molecule has 0 aromatic heterocycles. The van der Waals surface area contributed by atoms with E-state index in [1.54, 1.807) is 0 Å². The first-order chi connectivity index (χ1) is 22.4. The summed E-state index contributed by atoms with van der Waals surface area (Å²) in [4.78, 5) is 21.8. The molecular formula is C40H78O4S2Zn. The second kappa shape index (κ2) is 44.3. The van der Waals surface area contributed by atoms with E-state index in [-0.39, 0.29) is 31.3 Å². The van der Waals surface area contributed by atoms with Crippen LogP contribution >= 0.6 is 25.3 Å². The van der Waals surface area contributed by atoms with Gasteiger partial charge in [0.2, 0.25) is 0 Å². The van der Waals surface area contributed by atoms with Gasteiger partial charge in [-0.15, -0.1) is 0 Å². The molecule has 0 saturated heterocycles. The summed E-state index contributed by atoms with van der Waals surface area (Å²) >= 11 is 8.22. The topological polar surface area (TPSA) is 80.3 Å². The number of unbranched alkanes of at least 4 members (excludes halogenated alkanes) is 26. The van der Waals surface area contributed by atoms with Crippen LogP contribution in [0.2, 0.25) is 0 Å². The van der Waals surface area contributed by atoms with Crippen LogP contribution in [0.3, 0.4) is 0 Å². The number of carbonyl (C=O) groups is 2. The zero-order valence-electron chi connectivity index (χ0n) is 31.4. The van der Waals surface area contributed by atoms with Crippen LogP contribution in [0.1, 0.15) is 219 Å². The minimum atomic E-state index is -0.895. The summed E-state index contributed by atoms with van der Waals surface area (Å²) in [6, 6.07) is 0. The fraction of sp³-hybridized carbons (Fsp3) is 0.950. The summed E-state index contributed by atoms with van der Waals surface area (Å²) in [5, 5.41) is 21.8. The molecule has 0 rings (SSSR count). The fourth-order valence-corrected chi connectivity index (χ4v) is 6.87. The normalized spacial score (nSPS) is 12.2. The van der Waals surface area contributed by atoms with Crippen molar-refractivity contribution in [2.45, 2.75) is 219 Å². The fourth-order valence-electron chi connectivity index (χ4n) is 6.24. The van der Waals surface area contributed by atoms with Gasteiger partial charge in [-0.1, -0.05) is 194 Å². The van der Waals surface area contributed by atoms with Crippen LogP contribution in [0.4, 0.5) is 0 Å². The van der Waals surface area contributed by atoms with E-state index in [0.717, 1.165) is 38.5 Å². The van der Waals surface area contributed by atoms with Gasteiger partial charge < -0.3 is 19.8 Å². The van der Waals surface area contributed by atoms with E-state index < -0.39 is 11.9 Å². The predicted octanol–water partition coefficient (Wildman–Crippen LogP) is 11.1. The molecule has 4 nitrogen and oxygen atoms in total. The third kappa shape index (κ3) is 42.3. The van der Waals surface area contributed by atoms with Crippen molar-refractivity contribution in [1.29, 1.82) is 0 Å². The first kappa shape index (κ1) is 51.6. The van der Waals surface area contributed by atoms with Gasteiger partial charge in [-0.25, -0.2) is 0 Å². The van der Waals surface area contributed by atoms with Crippen LogP contribution in [0, 0.1) is 11.8 Å². The molecule has 0 aliphatic heterocycles. The largest absolute Gasteiger partial charge is 2.00 e. The Balaban J connectivity index is -0.000000807. The van der Waals surface area contributed by atoms with Gasteiger partial charge in [0, 0.05) is 11.9 Å². The quantitative estimate of drug-likeness (QED) is 0.0379. The second-order valence-corrected chi connectivity index (χ2v) is 14.7. The van der Waals surface area contributed by atoms with Gasteiger partial charge in [0.15, 0.2) is 0 Å². The van der Waals surface area contributed by atoms with E-state index in [2.05, 4.69) is 39.1 Å². The molecule has 0 heterocycles. The molecule has 0 aliphatic carbocycles. The van der Waals surface area contributed by atoms with Crippen molar-refractivity contribution in [1.82, 2.24) is 0 Å².